The number of hydrogen-bond acceptors (Lipinski definition) is 3. The van der Waals surface area contributed by atoms with Crippen LogP contribution in [-0.4, -0.2) is 25.6 Å². The van der Waals surface area contributed by atoms with Crippen LogP contribution in [0.2, 0.25) is 0 Å². The van der Waals surface area contributed by atoms with E-state index in [4.69, 9.17) is 0 Å². The van der Waals surface area contributed by atoms with Crippen molar-refractivity contribution in [2.45, 2.75) is 53.0 Å². The fraction of sp³-hybridized carbons (Fsp3) is 0.375. The largest absolute Gasteiger partial charge is 0.480 e. The third-order valence-electron chi connectivity index (χ3n) is 5.48. The van der Waals surface area contributed by atoms with Gasteiger partial charge in [-0.25, -0.2) is 4.98 Å². The van der Waals surface area contributed by atoms with Crippen LogP contribution in [0.3, 0.4) is 0 Å². The Bertz CT molecular complexity index is 944. The summed E-state index contributed by atoms with van der Waals surface area (Å²) >= 11 is 0. The summed E-state index contributed by atoms with van der Waals surface area (Å²) in [7, 11) is 0. The van der Waals surface area contributed by atoms with Crippen molar-refractivity contribution in [3.05, 3.63) is 71.9 Å². The molecule has 0 saturated carbocycles. The van der Waals surface area contributed by atoms with Gasteiger partial charge in [0.25, 0.3) is 0 Å². The van der Waals surface area contributed by atoms with Crippen LogP contribution in [0.5, 0.6) is 0 Å². The van der Waals surface area contributed by atoms with Crippen molar-refractivity contribution >= 4 is 5.97 Å². The van der Waals surface area contributed by atoms with Gasteiger partial charge in [0.2, 0.25) is 0 Å². The van der Waals surface area contributed by atoms with E-state index >= 15 is 0 Å². The van der Waals surface area contributed by atoms with Crippen LogP contribution in [-0.2, 0) is 30.6 Å². The number of imidazole rings is 1. The first-order valence-corrected chi connectivity index (χ1v) is 10.1. The topological polar surface area (TPSA) is 68.0 Å². The normalized spacial score (nSPS) is 11.6. The van der Waals surface area contributed by atoms with Crippen LogP contribution in [0.1, 0.15) is 44.3 Å². The van der Waals surface area contributed by atoms with Crippen LogP contribution in [0.15, 0.2) is 54.9 Å². The van der Waals surface area contributed by atoms with Crippen molar-refractivity contribution in [3.8, 4) is 11.3 Å². The minimum atomic E-state index is -0.834. The van der Waals surface area contributed by atoms with E-state index in [1.807, 2.05) is 29.0 Å². The van der Waals surface area contributed by atoms with Gasteiger partial charge in [-0.1, -0.05) is 57.5 Å². The quantitative estimate of drug-likeness (QED) is 0.569. The predicted octanol–water partition coefficient (Wildman–Crippen LogP) is 4.79. The summed E-state index contributed by atoms with van der Waals surface area (Å²) in [6, 6.07) is 14.3. The molecule has 0 amide bonds. The maximum atomic E-state index is 11.4. The van der Waals surface area contributed by atoms with Gasteiger partial charge in [0.1, 0.15) is 12.4 Å². The summed E-state index contributed by atoms with van der Waals surface area (Å²) in [5.74, 6) is 0.00243. The number of rotatable bonds is 9. The minimum absolute atomic E-state index is 0.0386. The molecule has 0 fully saturated rings. The van der Waals surface area contributed by atoms with E-state index in [0.717, 1.165) is 42.0 Å². The number of aromatic nitrogens is 3. The summed E-state index contributed by atoms with van der Waals surface area (Å²) < 4.78 is 1.88. The Labute approximate surface area is 172 Å². The van der Waals surface area contributed by atoms with Gasteiger partial charge in [0.05, 0.1) is 5.69 Å². The van der Waals surface area contributed by atoms with E-state index in [9.17, 15) is 9.90 Å². The monoisotopic (exact) mass is 391 g/mol. The van der Waals surface area contributed by atoms with Crippen LogP contribution >= 0.6 is 0 Å². The highest BCUT2D eigenvalue weighted by molar-refractivity contribution is 5.66. The molecule has 29 heavy (non-hydrogen) atoms. The number of hydrogen-bond donors (Lipinski definition) is 1. The lowest BCUT2D eigenvalue weighted by Crippen LogP contribution is -2.20. The lowest BCUT2D eigenvalue weighted by atomic mass is 9.85. The highest BCUT2D eigenvalue weighted by atomic mass is 16.4. The van der Waals surface area contributed by atoms with Gasteiger partial charge in [0, 0.05) is 30.1 Å². The molecule has 0 aliphatic rings. The average Bonchev–Trinajstić information content (AvgIpc) is 3.07. The number of aliphatic carboxylic acids is 1. The molecule has 0 unspecified atom stereocenters. The van der Waals surface area contributed by atoms with Crippen LogP contribution < -0.4 is 0 Å². The smallest absolute Gasteiger partial charge is 0.323 e. The van der Waals surface area contributed by atoms with E-state index in [1.54, 1.807) is 6.20 Å². The average molecular weight is 392 g/mol. The highest BCUT2D eigenvalue weighted by Crippen LogP contribution is 2.26. The van der Waals surface area contributed by atoms with Crippen molar-refractivity contribution in [3.63, 3.8) is 0 Å². The van der Waals surface area contributed by atoms with Gasteiger partial charge in [0.15, 0.2) is 0 Å². The van der Waals surface area contributed by atoms with Gasteiger partial charge >= 0.3 is 5.97 Å². The summed E-state index contributed by atoms with van der Waals surface area (Å²) in [5, 5.41) is 9.36. The molecule has 3 aromatic rings. The fourth-order valence-corrected chi connectivity index (χ4v) is 3.37. The van der Waals surface area contributed by atoms with E-state index in [1.165, 1.54) is 5.56 Å². The lowest BCUT2D eigenvalue weighted by molar-refractivity contribution is -0.137. The minimum Gasteiger partial charge on any atom is -0.480 e. The van der Waals surface area contributed by atoms with Gasteiger partial charge in [-0.05, 0) is 36.0 Å². The molecule has 2 aromatic heterocycles. The Kier molecular flexibility index (Phi) is 6.47. The number of nitrogens with zero attached hydrogens (tertiary/aromatic N) is 3. The summed E-state index contributed by atoms with van der Waals surface area (Å²) in [4.78, 5) is 20.3. The SMILES string of the molecule is CCC(C)(C)Cc1cnc(CCc2ccc(-c3ccccn3)cc2)n1CC(=O)O. The molecule has 0 aliphatic carbocycles. The maximum absolute atomic E-state index is 11.4. The van der Waals surface area contributed by atoms with Crippen molar-refractivity contribution in [1.29, 1.82) is 0 Å². The Hall–Kier alpha value is -2.95. The second kappa shape index (κ2) is 9.03. The first kappa shape index (κ1) is 20.8. The molecule has 5 nitrogen and oxygen atoms in total. The Morgan fingerprint density at radius 1 is 1.07 bits per heavy atom. The number of carboxylic acids is 1. The Morgan fingerprint density at radius 2 is 1.83 bits per heavy atom. The van der Waals surface area contributed by atoms with Crippen molar-refractivity contribution in [1.82, 2.24) is 14.5 Å². The molecule has 1 N–H and O–H groups in total. The molecular weight excluding hydrogens is 362 g/mol. The molecule has 0 atom stereocenters. The summed E-state index contributed by atoms with van der Waals surface area (Å²) in [6.07, 6.45) is 7.02. The molecule has 5 heteroatoms. The fourth-order valence-electron chi connectivity index (χ4n) is 3.37. The molecule has 1 aromatic carbocycles. The van der Waals surface area contributed by atoms with Gasteiger partial charge in [-0.3, -0.25) is 9.78 Å². The highest BCUT2D eigenvalue weighted by Gasteiger charge is 2.21. The Balaban J connectivity index is 1.73. The van der Waals surface area contributed by atoms with Crippen LogP contribution in [0, 0.1) is 5.41 Å². The summed E-state index contributed by atoms with van der Waals surface area (Å²) in [6.45, 7) is 6.53. The zero-order valence-corrected chi connectivity index (χ0v) is 17.4. The number of carbonyl (C=O) groups is 1. The van der Waals surface area contributed by atoms with Gasteiger partial charge in [-0.2, -0.15) is 0 Å². The van der Waals surface area contributed by atoms with E-state index < -0.39 is 5.97 Å². The Morgan fingerprint density at radius 3 is 2.45 bits per heavy atom. The third-order valence-corrected chi connectivity index (χ3v) is 5.48. The number of pyridine rings is 1. The van der Waals surface area contributed by atoms with Crippen LogP contribution in [0.4, 0.5) is 0 Å². The first-order valence-electron chi connectivity index (χ1n) is 10.1. The van der Waals surface area contributed by atoms with Gasteiger partial charge < -0.3 is 9.67 Å². The second-order valence-electron chi connectivity index (χ2n) is 8.25. The van der Waals surface area contributed by atoms with Gasteiger partial charge in [-0.15, -0.1) is 0 Å². The molecule has 0 saturated heterocycles. The van der Waals surface area contributed by atoms with Crippen molar-refractivity contribution < 1.29 is 9.90 Å². The number of benzene rings is 1. The van der Waals surface area contributed by atoms with E-state index in [0.29, 0.717) is 6.42 Å². The van der Waals surface area contributed by atoms with E-state index in [2.05, 4.69) is 55.0 Å². The molecule has 0 bridgehead atoms. The van der Waals surface area contributed by atoms with Crippen molar-refractivity contribution in [2.75, 3.05) is 0 Å². The maximum Gasteiger partial charge on any atom is 0.323 e. The zero-order chi connectivity index (χ0) is 20.9. The number of carboxylic acid groups (broad SMARTS) is 1. The summed E-state index contributed by atoms with van der Waals surface area (Å²) in [5.41, 5.74) is 4.37. The zero-order valence-electron chi connectivity index (χ0n) is 17.4. The standard InChI is InChI=1S/C24H29N3O2/c1-4-24(2,3)15-20-16-26-22(27(20)17-23(28)29)13-10-18-8-11-19(12-9-18)21-7-5-6-14-25-21/h5-9,11-12,14,16H,4,10,13,15,17H2,1-3H3,(H,28,29). The first-order chi connectivity index (χ1) is 13.9. The second-order valence-corrected chi connectivity index (χ2v) is 8.25. The molecule has 0 aliphatic heterocycles. The molecule has 3 rings (SSSR count). The van der Waals surface area contributed by atoms with Crippen molar-refractivity contribution in [2.24, 2.45) is 5.41 Å². The molecular formula is C24H29N3O2. The lowest BCUT2D eigenvalue weighted by Gasteiger charge is -2.23. The van der Waals surface area contributed by atoms with E-state index in [-0.39, 0.29) is 12.0 Å². The van der Waals surface area contributed by atoms with Crippen LogP contribution in [0.25, 0.3) is 11.3 Å². The third kappa shape index (κ3) is 5.53. The molecule has 2 heterocycles. The molecule has 0 radical (unpaired) electrons. The molecule has 0 spiro atoms. The predicted molar refractivity (Wildman–Crippen MR) is 115 cm³/mol. The molecule has 152 valence electrons. The number of aryl methyl sites for hydroxylation is 2.